The summed E-state index contributed by atoms with van der Waals surface area (Å²) in [6.07, 6.45) is 0. The van der Waals surface area contributed by atoms with E-state index in [1.54, 1.807) is 66.7 Å². The molecule has 2 N–H and O–H groups in total. The van der Waals surface area contributed by atoms with Gasteiger partial charge in [0.25, 0.3) is 11.8 Å². The molecule has 0 aliphatic rings. The van der Waals surface area contributed by atoms with Crippen LogP contribution in [0.4, 0.5) is 11.4 Å². The molecule has 29 heavy (non-hydrogen) atoms. The van der Waals surface area contributed by atoms with Gasteiger partial charge in [-0.15, -0.1) is 0 Å². The largest absolute Gasteiger partial charge is 0.484 e. The van der Waals surface area contributed by atoms with Gasteiger partial charge in [0.05, 0.1) is 26.4 Å². The highest BCUT2D eigenvalue weighted by Crippen LogP contribution is 2.29. The number of nitrogens with one attached hydrogen (secondary N) is 2. The Kier molecular flexibility index (Phi) is 6.99. The predicted molar refractivity (Wildman–Crippen MR) is 116 cm³/mol. The number of anilines is 2. The van der Waals surface area contributed by atoms with Gasteiger partial charge < -0.3 is 15.4 Å². The molecule has 0 aliphatic heterocycles. The quantitative estimate of drug-likeness (QED) is 0.491. The number of halogens is 3. The second-order valence-corrected chi connectivity index (χ2v) is 7.09. The first-order chi connectivity index (χ1) is 13.9. The molecule has 3 aromatic carbocycles. The molecule has 8 heteroatoms. The van der Waals surface area contributed by atoms with E-state index in [9.17, 15) is 9.59 Å². The van der Waals surface area contributed by atoms with E-state index in [4.69, 9.17) is 39.5 Å². The molecule has 5 nitrogen and oxygen atoms in total. The summed E-state index contributed by atoms with van der Waals surface area (Å²) in [5.74, 6) is -0.265. The fraction of sp³-hybridized carbons (Fsp3) is 0.0476. The van der Waals surface area contributed by atoms with Gasteiger partial charge in [-0.05, 0) is 48.5 Å². The summed E-state index contributed by atoms with van der Waals surface area (Å²) in [7, 11) is 0. The van der Waals surface area contributed by atoms with Crippen LogP contribution in [0.5, 0.6) is 5.75 Å². The first kappa shape index (κ1) is 21.0. The number of ether oxygens (including phenoxy) is 1. The van der Waals surface area contributed by atoms with Crippen LogP contribution in [0.3, 0.4) is 0 Å². The molecular formula is C21H15Cl3N2O3. The maximum atomic E-state index is 12.3. The first-order valence-corrected chi connectivity index (χ1v) is 9.60. The van der Waals surface area contributed by atoms with Gasteiger partial charge in [-0.2, -0.15) is 0 Å². The van der Waals surface area contributed by atoms with Gasteiger partial charge in [-0.1, -0.05) is 53.0 Å². The summed E-state index contributed by atoms with van der Waals surface area (Å²) in [5.41, 5.74) is 1.35. The van der Waals surface area contributed by atoms with E-state index in [1.807, 2.05) is 0 Å². The van der Waals surface area contributed by atoms with Gasteiger partial charge in [0, 0.05) is 5.56 Å². The molecule has 0 heterocycles. The molecule has 0 bridgehead atoms. The van der Waals surface area contributed by atoms with Crippen LogP contribution in [0.25, 0.3) is 0 Å². The lowest BCUT2D eigenvalue weighted by molar-refractivity contribution is -0.118. The Balaban J connectivity index is 1.55. The fourth-order valence-electron chi connectivity index (χ4n) is 2.40. The second-order valence-electron chi connectivity index (χ2n) is 5.90. The van der Waals surface area contributed by atoms with Crippen molar-refractivity contribution in [3.63, 3.8) is 0 Å². The number of rotatable bonds is 6. The van der Waals surface area contributed by atoms with Crippen molar-refractivity contribution < 1.29 is 14.3 Å². The molecular weight excluding hydrogens is 435 g/mol. The normalized spacial score (nSPS) is 10.3. The summed E-state index contributed by atoms with van der Waals surface area (Å²) in [4.78, 5) is 24.4. The van der Waals surface area contributed by atoms with Gasteiger partial charge in [0.2, 0.25) is 0 Å². The third kappa shape index (κ3) is 5.64. The van der Waals surface area contributed by atoms with Crippen LogP contribution in [0.2, 0.25) is 15.1 Å². The molecule has 0 unspecified atom stereocenters. The Morgan fingerprint density at radius 3 is 2.14 bits per heavy atom. The topological polar surface area (TPSA) is 67.4 Å². The SMILES string of the molecule is O=C(COc1ccc(C(=O)Nc2ccccc2Cl)cc1)Nc1cccc(Cl)c1Cl. The molecule has 0 atom stereocenters. The van der Waals surface area contributed by atoms with E-state index < -0.39 is 5.91 Å². The Bertz CT molecular complexity index is 1040. The standard InChI is InChI=1S/C21H15Cl3N2O3/c22-15-4-1-2-6-17(15)26-21(28)13-8-10-14(11-9-13)29-12-19(27)25-18-7-3-5-16(23)20(18)24/h1-11H,12H2,(H,25,27)(H,26,28). The van der Waals surface area contributed by atoms with Crippen LogP contribution in [-0.4, -0.2) is 18.4 Å². The Hall–Kier alpha value is -2.73. The molecule has 0 radical (unpaired) electrons. The number of benzene rings is 3. The molecule has 3 rings (SSSR count). The lowest BCUT2D eigenvalue weighted by Gasteiger charge is -2.10. The van der Waals surface area contributed by atoms with Crippen molar-refractivity contribution in [2.45, 2.75) is 0 Å². The van der Waals surface area contributed by atoms with Crippen molar-refractivity contribution in [2.24, 2.45) is 0 Å². The van der Waals surface area contributed by atoms with Crippen molar-refractivity contribution in [2.75, 3.05) is 17.2 Å². The second kappa shape index (κ2) is 9.65. The van der Waals surface area contributed by atoms with E-state index in [-0.39, 0.29) is 17.5 Å². The van der Waals surface area contributed by atoms with Crippen molar-refractivity contribution >= 4 is 58.0 Å². The fourth-order valence-corrected chi connectivity index (χ4v) is 2.93. The minimum Gasteiger partial charge on any atom is -0.484 e. The number of hydrogen-bond donors (Lipinski definition) is 2. The maximum Gasteiger partial charge on any atom is 0.262 e. The summed E-state index contributed by atoms with van der Waals surface area (Å²) in [5, 5.41) is 6.42. The van der Waals surface area contributed by atoms with Gasteiger partial charge in [0.15, 0.2) is 6.61 Å². The molecule has 0 spiro atoms. The zero-order chi connectivity index (χ0) is 20.8. The van der Waals surface area contributed by atoms with Crippen LogP contribution in [0.15, 0.2) is 66.7 Å². The van der Waals surface area contributed by atoms with Crippen molar-refractivity contribution in [3.05, 3.63) is 87.4 Å². The highest BCUT2D eigenvalue weighted by molar-refractivity contribution is 6.44. The molecule has 0 fully saturated rings. The summed E-state index contributed by atoms with van der Waals surface area (Å²) >= 11 is 18.0. The number of hydrogen-bond acceptors (Lipinski definition) is 3. The third-order valence-corrected chi connectivity index (χ3v) is 4.98. The highest BCUT2D eigenvalue weighted by Gasteiger charge is 2.11. The van der Waals surface area contributed by atoms with Crippen LogP contribution in [0.1, 0.15) is 10.4 Å². The molecule has 0 aromatic heterocycles. The molecule has 2 amide bonds. The lowest BCUT2D eigenvalue weighted by Crippen LogP contribution is -2.20. The molecule has 3 aromatic rings. The molecule has 0 aliphatic carbocycles. The van der Waals surface area contributed by atoms with Crippen molar-refractivity contribution in [1.82, 2.24) is 0 Å². The number of amides is 2. The maximum absolute atomic E-state index is 12.3. The lowest BCUT2D eigenvalue weighted by atomic mass is 10.2. The zero-order valence-corrected chi connectivity index (χ0v) is 17.2. The molecule has 0 saturated heterocycles. The summed E-state index contributed by atoms with van der Waals surface area (Å²) in [6.45, 7) is -0.228. The Morgan fingerprint density at radius 1 is 0.759 bits per heavy atom. The summed E-state index contributed by atoms with van der Waals surface area (Å²) in [6, 6.07) is 18.3. The van der Waals surface area contributed by atoms with E-state index in [0.717, 1.165) is 0 Å². The van der Waals surface area contributed by atoms with Crippen LogP contribution in [0, 0.1) is 0 Å². The number of para-hydroxylation sites is 1. The van der Waals surface area contributed by atoms with Crippen molar-refractivity contribution in [1.29, 1.82) is 0 Å². The Labute approximate surface area is 182 Å². The van der Waals surface area contributed by atoms with Crippen LogP contribution >= 0.6 is 34.8 Å². The Morgan fingerprint density at radius 2 is 1.41 bits per heavy atom. The highest BCUT2D eigenvalue weighted by atomic mass is 35.5. The van der Waals surface area contributed by atoms with Gasteiger partial charge in [-0.3, -0.25) is 9.59 Å². The minimum absolute atomic E-state index is 0.228. The predicted octanol–water partition coefficient (Wildman–Crippen LogP) is 5.92. The van der Waals surface area contributed by atoms with Gasteiger partial charge >= 0.3 is 0 Å². The molecule has 0 saturated carbocycles. The third-order valence-electron chi connectivity index (χ3n) is 3.83. The minimum atomic E-state index is -0.394. The summed E-state index contributed by atoms with van der Waals surface area (Å²) < 4.78 is 5.44. The first-order valence-electron chi connectivity index (χ1n) is 8.46. The average molecular weight is 450 g/mol. The van der Waals surface area contributed by atoms with Crippen LogP contribution in [-0.2, 0) is 4.79 Å². The van der Waals surface area contributed by atoms with E-state index in [0.29, 0.717) is 32.7 Å². The average Bonchev–Trinajstić information content (AvgIpc) is 2.72. The number of carbonyl (C=O) groups is 2. The monoisotopic (exact) mass is 448 g/mol. The van der Waals surface area contributed by atoms with Crippen LogP contribution < -0.4 is 15.4 Å². The smallest absolute Gasteiger partial charge is 0.262 e. The van der Waals surface area contributed by atoms with Crippen molar-refractivity contribution in [3.8, 4) is 5.75 Å². The van der Waals surface area contributed by atoms with Gasteiger partial charge in [-0.25, -0.2) is 0 Å². The molecule has 148 valence electrons. The van der Waals surface area contributed by atoms with E-state index in [1.165, 1.54) is 0 Å². The number of carbonyl (C=O) groups excluding carboxylic acids is 2. The van der Waals surface area contributed by atoms with Gasteiger partial charge in [0.1, 0.15) is 5.75 Å². The van der Waals surface area contributed by atoms with E-state index >= 15 is 0 Å². The zero-order valence-electron chi connectivity index (χ0n) is 14.9. The van der Waals surface area contributed by atoms with E-state index in [2.05, 4.69) is 10.6 Å².